The van der Waals surface area contributed by atoms with Crippen molar-refractivity contribution in [1.82, 2.24) is 24.5 Å². The Balaban J connectivity index is 2.20. The molecule has 0 saturated carbocycles. The van der Waals surface area contributed by atoms with Crippen molar-refractivity contribution >= 4 is 22.6 Å². The highest BCUT2D eigenvalue weighted by Gasteiger charge is 2.19. The summed E-state index contributed by atoms with van der Waals surface area (Å²) in [7, 11) is 0. The molecule has 0 radical (unpaired) electrons. The fraction of sp³-hybridized carbons (Fsp3) is 0.444. The number of nitrogens with zero attached hydrogens (tertiary/aromatic N) is 4. The zero-order valence-electron chi connectivity index (χ0n) is 15.0. The average molecular weight is 341 g/mol. The smallest absolute Gasteiger partial charge is 0.297 e. The molecule has 0 aliphatic rings. The van der Waals surface area contributed by atoms with Crippen molar-refractivity contribution in [3.63, 3.8) is 0 Å². The molecule has 0 bridgehead atoms. The first-order valence-electron chi connectivity index (χ1n) is 8.60. The van der Waals surface area contributed by atoms with Gasteiger partial charge in [0.1, 0.15) is 12.4 Å². The zero-order valence-corrected chi connectivity index (χ0v) is 15.0. The third-order valence-corrected chi connectivity index (χ3v) is 4.38. The maximum absolute atomic E-state index is 12.9. The van der Waals surface area contributed by atoms with E-state index >= 15 is 0 Å². The summed E-state index contributed by atoms with van der Waals surface area (Å²) in [6.45, 7) is 7.92. The molecule has 3 aromatic rings. The molecule has 132 valence electrons. The van der Waals surface area contributed by atoms with E-state index < -0.39 is 0 Å². The number of carbonyl (C=O) groups excluding carboxylic acids is 1. The molecule has 0 aliphatic heterocycles. The Bertz CT molecular complexity index is 986. The van der Waals surface area contributed by atoms with Gasteiger partial charge >= 0.3 is 0 Å². The fourth-order valence-corrected chi connectivity index (χ4v) is 2.88. The maximum atomic E-state index is 12.9. The summed E-state index contributed by atoms with van der Waals surface area (Å²) >= 11 is 0. The monoisotopic (exact) mass is 341 g/mol. The normalized spacial score (nSPS) is 12.8. The Morgan fingerprint density at radius 2 is 1.84 bits per heavy atom. The lowest BCUT2D eigenvalue weighted by Gasteiger charge is -2.15. The fourth-order valence-electron chi connectivity index (χ4n) is 2.88. The van der Waals surface area contributed by atoms with E-state index in [-0.39, 0.29) is 35.6 Å². The van der Waals surface area contributed by atoms with Gasteiger partial charge in [0.15, 0.2) is 0 Å². The number of nitrogens with one attached hydrogen (secondary N) is 1. The van der Waals surface area contributed by atoms with Crippen LogP contribution in [0, 0.1) is 0 Å². The molecule has 1 atom stereocenters. The van der Waals surface area contributed by atoms with E-state index in [2.05, 4.69) is 15.5 Å². The summed E-state index contributed by atoms with van der Waals surface area (Å²) in [4.78, 5) is 25.2. The van der Waals surface area contributed by atoms with E-state index in [1.54, 1.807) is 4.40 Å². The minimum atomic E-state index is -0.308. The van der Waals surface area contributed by atoms with E-state index in [0.717, 1.165) is 17.8 Å². The van der Waals surface area contributed by atoms with Crippen LogP contribution in [0.5, 0.6) is 0 Å². The maximum Gasteiger partial charge on any atom is 0.297 e. The van der Waals surface area contributed by atoms with Crippen LogP contribution in [0.1, 0.15) is 45.9 Å². The van der Waals surface area contributed by atoms with Gasteiger partial charge in [-0.1, -0.05) is 32.9 Å². The lowest BCUT2D eigenvalue weighted by molar-refractivity contribution is -0.122. The van der Waals surface area contributed by atoms with Gasteiger partial charge in [-0.25, -0.2) is 0 Å². The summed E-state index contributed by atoms with van der Waals surface area (Å²) in [6.07, 6.45) is 0.836. The van der Waals surface area contributed by atoms with Crippen LogP contribution in [0.4, 0.5) is 0 Å². The van der Waals surface area contributed by atoms with E-state index in [1.807, 2.05) is 52.0 Å². The van der Waals surface area contributed by atoms with Gasteiger partial charge in [0, 0.05) is 12.0 Å². The zero-order chi connectivity index (χ0) is 18.1. The van der Waals surface area contributed by atoms with Crippen LogP contribution < -0.4 is 10.9 Å². The molecule has 0 unspecified atom stereocenters. The third kappa shape index (κ3) is 3.01. The first-order chi connectivity index (χ1) is 11.9. The Hall–Kier alpha value is -2.70. The molecule has 2 aromatic heterocycles. The Morgan fingerprint density at radius 1 is 1.16 bits per heavy atom. The summed E-state index contributed by atoms with van der Waals surface area (Å²) < 4.78 is 3.27. The summed E-state index contributed by atoms with van der Waals surface area (Å²) in [5.41, 5.74) is 1.46. The minimum Gasteiger partial charge on any atom is -0.352 e. The second-order valence-corrected chi connectivity index (χ2v) is 6.63. The molecule has 1 amide bonds. The molecule has 25 heavy (non-hydrogen) atoms. The van der Waals surface area contributed by atoms with Gasteiger partial charge in [-0.05, 0) is 25.5 Å². The van der Waals surface area contributed by atoms with Crippen LogP contribution in [-0.4, -0.2) is 31.1 Å². The number of para-hydroxylation sites is 2. The Morgan fingerprint density at radius 3 is 2.48 bits per heavy atom. The van der Waals surface area contributed by atoms with Crippen LogP contribution in [0.25, 0.3) is 16.7 Å². The summed E-state index contributed by atoms with van der Waals surface area (Å²) in [6, 6.07) is 7.59. The molecule has 1 aromatic carbocycles. The molecule has 0 spiro atoms. The number of hydrogen-bond acceptors (Lipinski definition) is 4. The molecule has 7 heteroatoms. The molecule has 0 aliphatic carbocycles. The number of amides is 1. The number of benzene rings is 1. The van der Waals surface area contributed by atoms with Crippen LogP contribution in [0.2, 0.25) is 0 Å². The Kier molecular flexibility index (Phi) is 4.57. The Labute approximate surface area is 145 Å². The number of hydrogen-bond donors (Lipinski definition) is 1. The molecular weight excluding hydrogens is 318 g/mol. The first kappa shape index (κ1) is 17.1. The number of carbonyl (C=O) groups is 1. The standard InChI is InChI=1S/C18H23N5O2/c1-5-12(4)19-15(24)10-22-13-8-6-7-9-14(13)23-16(11(2)3)20-21-17(23)18(22)25/h6-9,11-12H,5,10H2,1-4H3,(H,19,24)/t12-/m1/s1. The lowest BCUT2D eigenvalue weighted by Crippen LogP contribution is -2.37. The molecule has 3 rings (SSSR count). The predicted octanol–water partition coefficient (Wildman–Crippen LogP) is 2.08. The molecule has 7 nitrogen and oxygen atoms in total. The highest BCUT2D eigenvalue weighted by Crippen LogP contribution is 2.19. The topological polar surface area (TPSA) is 81.3 Å². The largest absolute Gasteiger partial charge is 0.352 e. The molecule has 1 N–H and O–H groups in total. The number of aromatic nitrogens is 4. The highest BCUT2D eigenvalue weighted by atomic mass is 16.2. The summed E-state index contributed by atoms with van der Waals surface area (Å²) in [5.74, 6) is 0.677. The van der Waals surface area contributed by atoms with Gasteiger partial charge in [0.25, 0.3) is 5.56 Å². The number of fused-ring (bicyclic) bond motifs is 3. The molecule has 2 heterocycles. The van der Waals surface area contributed by atoms with Crippen molar-refractivity contribution in [2.24, 2.45) is 0 Å². The third-order valence-electron chi connectivity index (χ3n) is 4.38. The average Bonchev–Trinajstić information content (AvgIpc) is 3.04. The van der Waals surface area contributed by atoms with Gasteiger partial charge < -0.3 is 5.32 Å². The molecular formula is C18H23N5O2. The van der Waals surface area contributed by atoms with Crippen molar-refractivity contribution in [3.05, 3.63) is 40.4 Å². The van der Waals surface area contributed by atoms with Crippen molar-refractivity contribution in [3.8, 4) is 0 Å². The quantitative estimate of drug-likeness (QED) is 0.770. The van der Waals surface area contributed by atoms with E-state index in [4.69, 9.17) is 0 Å². The molecule has 0 fully saturated rings. The van der Waals surface area contributed by atoms with Crippen molar-refractivity contribution < 1.29 is 4.79 Å². The minimum absolute atomic E-state index is 0.0376. The van der Waals surface area contributed by atoms with Crippen LogP contribution in [0.15, 0.2) is 29.1 Å². The first-order valence-corrected chi connectivity index (χ1v) is 8.60. The highest BCUT2D eigenvalue weighted by molar-refractivity contribution is 5.82. The van der Waals surface area contributed by atoms with Gasteiger partial charge in [-0.15, -0.1) is 10.2 Å². The summed E-state index contributed by atoms with van der Waals surface area (Å²) in [5, 5.41) is 11.2. The van der Waals surface area contributed by atoms with Crippen LogP contribution in [0.3, 0.4) is 0 Å². The van der Waals surface area contributed by atoms with Crippen molar-refractivity contribution in [2.75, 3.05) is 0 Å². The number of rotatable bonds is 5. The van der Waals surface area contributed by atoms with E-state index in [0.29, 0.717) is 5.52 Å². The van der Waals surface area contributed by atoms with E-state index in [9.17, 15) is 9.59 Å². The SMILES string of the molecule is CC[C@@H](C)NC(=O)Cn1c(=O)c2nnc(C(C)C)n2c2ccccc21. The second kappa shape index (κ2) is 6.66. The van der Waals surface area contributed by atoms with E-state index in [1.165, 1.54) is 4.57 Å². The van der Waals surface area contributed by atoms with Crippen LogP contribution >= 0.6 is 0 Å². The van der Waals surface area contributed by atoms with Gasteiger partial charge in [-0.2, -0.15) is 0 Å². The van der Waals surface area contributed by atoms with Gasteiger partial charge in [0.05, 0.1) is 11.0 Å². The van der Waals surface area contributed by atoms with Gasteiger partial charge in [0.2, 0.25) is 11.6 Å². The predicted molar refractivity (Wildman–Crippen MR) is 96.7 cm³/mol. The second-order valence-electron chi connectivity index (χ2n) is 6.63. The van der Waals surface area contributed by atoms with Crippen molar-refractivity contribution in [2.45, 2.75) is 52.6 Å². The van der Waals surface area contributed by atoms with Gasteiger partial charge in [-0.3, -0.25) is 18.6 Å². The van der Waals surface area contributed by atoms with Crippen LogP contribution in [-0.2, 0) is 11.3 Å². The lowest BCUT2D eigenvalue weighted by atomic mass is 10.2. The van der Waals surface area contributed by atoms with Crippen molar-refractivity contribution in [1.29, 1.82) is 0 Å². The molecule has 0 saturated heterocycles.